The number of hydrogen-bond donors (Lipinski definition) is 2. The molecule has 1 amide bonds. The van der Waals surface area contributed by atoms with Crippen molar-refractivity contribution in [2.75, 3.05) is 19.8 Å². The molecule has 0 aliphatic carbocycles. The molecule has 104 valence electrons. The fourth-order valence-electron chi connectivity index (χ4n) is 2.01. The molecule has 0 radical (unpaired) electrons. The van der Waals surface area contributed by atoms with Crippen LogP contribution >= 0.6 is 23.2 Å². The Hall–Kier alpha value is -0.810. The van der Waals surface area contributed by atoms with Crippen LogP contribution in [-0.4, -0.2) is 30.8 Å². The summed E-state index contributed by atoms with van der Waals surface area (Å²) in [5, 5.41) is 13.5. The minimum absolute atomic E-state index is 0.0821. The van der Waals surface area contributed by atoms with Gasteiger partial charge in [0.15, 0.2) is 0 Å². The normalized spacial score (nSPS) is 20.3. The lowest BCUT2D eigenvalue weighted by Gasteiger charge is -2.16. The van der Waals surface area contributed by atoms with Gasteiger partial charge in [-0.05, 0) is 18.6 Å². The van der Waals surface area contributed by atoms with Crippen LogP contribution in [-0.2, 0) is 9.53 Å². The number of aliphatic hydroxyl groups excluding tert-OH is 1. The maximum Gasteiger partial charge on any atom is 0.225 e. The molecule has 0 spiro atoms. The summed E-state index contributed by atoms with van der Waals surface area (Å²) in [6, 6.07) is 5.01. The van der Waals surface area contributed by atoms with Crippen LogP contribution in [0.2, 0.25) is 10.0 Å². The lowest BCUT2D eigenvalue weighted by Crippen LogP contribution is -2.34. The predicted octanol–water partition coefficient (Wildman–Crippen LogP) is 2.18. The molecule has 19 heavy (non-hydrogen) atoms. The van der Waals surface area contributed by atoms with Gasteiger partial charge in [-0.15, -0.1) is 0 Å². The summed E-state index contributed by atoms with van der Waals surface area (Å²) in [4.78, 5) is 11.8. The van der Waals surface area contributed by atoms with Crippen molar-refractivity contribution in [3.8, 4) is 0 Å². The number of benzene rings is 1. The first kappa shape index (κ1) is 14.6. The monoisotopic (exact) mass is 303 g/mol. The molecule has 6 heteroatoms. The average Bonchev–Trinajstić information content (AvgIpc) is 2.89. The van der Waals surface area contributed by atoms with E-state index in [0.29, 0.717) is 28.8 Å². The third-order valence-electron chi connectivity index (χ3n) is 3.10. The second kappa shape index (κ2) is 6.57. The molecule has 0 aromatic heterocycles. The number of hydrogen-bond acceptors (Lipinski definition) is 3. The molecular formula is C13H15Cl2NO3. The highest BCUT2D eigenvalue weighted by Gasteiger charge is 2.24. The maximum atomic E-state index is 11.8. The Balaban J connectivity index is 1.93. The van der Waals surface area contributed by atoms with E-state index in [9.17, 15) is 9.90 Å². The largest absolute Gasteiger partial charge is 0.386 e. The van der Waals surface area contributed by atoms with Gasteiger partial charge in [-0.3, -0.25) is 4.79 Å². The second-order valence-electron chi connectivity index (χ2n) is 4.46. The zero-order valence-electron chi connectivity index (χ0n) is 10.2. The molecule has 1 aliphatic rings. The van der Waals surface area contributed by atoms with E-state index in [1.165, 1.54) is 0 Å². The molecule has 0 bridgehead atoms. The molecule has 2 rings (SSSR count). The molecule has 1 fully saturated rings. The Morgan fingerprint density at radius 2 is 2.16 bits per heavy atom. The number of amides is 1. The molecule has 1 aromatic carbocycles. The highest BCUT2D eigenvalue weighted by molar-refractivity contribution is 6.36. The highest BCUT2D eigenvalue weighted by Crippen LogP contribution is 2.29. The van der Waals surface area contributed by atoms with Crippen molar-refractivity contribution in [2.45, 2.75) is 12.5 Å². The summed E-state index contributed by atoms with van der Waals surface area (Å²) in [7, 11) is 0. The molecule has 1 aromatic rings. The van der Waals surface area contributed by atoms with Gasteiger partial charge in [0, 0.05) is 28.8 Å². The molecular weight excluding hydrogens is 289 g/mol. The number of halogens is 2. The van der Waals surface area contributed by atoms with Crippen molar-refractivity contribution >= 4 is 29.1 Å². The van der Waals surface area contributed by atoms with Crippen LogP contribution in [0.4, 0.5) is 0 Å². The summed E-state index contributed by atoms with van der Waals surface area (Å²) < 4.78 is 5.14. The Bertz CT molecular complexity index is 441. The molecule has 0 unspecified atom stereocenters. The van der Waals surface area contributed by atoms with Crippen LogP contribution in [0.15, 0.2) is 18.2 Å². The van der Waals surface area contributed by atoms with Gasteiger partial charge in [0.2, 0.25) is 5.91 Å². The highest BCUT2D eigenvalue weighted by atomic mass is 35.5. The van der Waals surface area contributed by atoms with Crippen LogP contribution in [0.3, 0.4) is 0 Å². The summed E-state index contributed by atoms with van der Waals surface area (Å²) in [5.41, 5.74) is 0.439. The van der Waals surface area contributed by atoms with E-state index >= 15 is 0 Å². The lowest BCUT2D eigenvalue weighted by molar-refractivity contribution is -0.125. The van der Waals surface area contributed by atoms with Crippen molar-refractivity contribution in [3.63, 3.8) is 0 Å². The molecule has 1 heterocycles. The summed E-state index contributed by atoms with van der Waals surface area (Å²) in [6.45, 7) is 1.13. The molecule has 0 saturated carbocycles. The quantitative estimate of drug-likeness (QED) is 0.896. The SMILES string of the molecule is O=C(NC[C@H](O)c1c(Cl)cccc1Cl)[C@H]1CCOC1. The zero-order chi connectivity index (χ0) is 13.8. The van der Waals surface area contributed by atoms with Gasteiger partial charge in [-0.2, -0.15) is 0 Å². The first-order valence-electron chi connectivity index (χ1n) is 6.07. The van der Waals surface area contributed by atoms with Crippen molar-refractivity contribution < 1.29 is 14.6 Å². The van der Waals surface area contributed by atoms with Gasteiger partial charge >= 0.3 is 0 Å². The molecule has 2 N–H and O–H groups in total. The number of rotatable bonds is 4. The average molecular weight is 304 g/mol. The zero-order valence-corrected chi connectivity index (χ0v) is 11.7. The fourth-order valence-corrected chi connectivity index (χ4v) is 2.66. The van der Waals surface area contributed by atoms with Gasteiger partial charge in [0.05, 0.1) is 18.6 Å². The summed E-state index contributed by atoms with van der Waals surface area (Å²) in [6.07, 6.45) is -0.207. The second-order valence-corrected chi connectivity index (χ2v) is 5.27. The standard InChI is InChI=1S/C13H15Cl2NO3/c14-9-2-1-3-10(15)12(9)11(17)6-16-13(18)8-4-5-19-7-8/h1-3,8,11,17H,4-7H2,(H,16,18)/t8-,11-/m0/s1. The van der Waals surface area contributed by atoms with Crippen LogP contribution in [0.1, 0.15) is 18.1 Å². The lowest BCUT2D eigenvalue weighted by atomic mass is 10.1. The number of carbonyl (C=O) groups excluding carboxylic acids is 1. The van der Waals surface area contributed by atoms with E-state index in [2.05, 4.69) is 5.32 Å². The topological polar surface area (TPSA) is 58.6 Å². The number of nitrogens with one attached hydrogen (secondary N) is 1. The van der Waals surface area contributed by atoms with Gasteiger partial charge in [-0.1, -0.05) is 29.3 Å². The van der Waals surface area contributed by atoms with Gasteiger partial charge < -0.3 is 15.2 Å². The van der Waals surface area contributed by atoms with Crippen molar-refractivity contribution in [1.29, 1.82) is 0 Å². The van der Waals surface area contributed by atoms with Gasteiger partial charge in [0.25, 0.3) is 0 Å². The van der Waals surface area contributed by atoms with E-state index in [-0.39, 0.29) is 18.4 Å². The van der Waals surface area contributed by atoms with Crippen LogP contribution < -0.4 is 5.32 Å². The Morgan fingerprint density at radius 3 is 2.74 bits per heavy atom. The first-order valence-corrected chi connectivity index (χ1v) is 6.82. The van der Waals surface area contributed by atoms with E-state index in [0.717, 1.165) is 6.42 Å². The Labute approximate surface area is 121 Å². The first-order chi connectivity index (χ1) is 9.09. The Morgan fingerprint density at radius 1 is 1.47 bits per heavy atom. The summed E-state index contributed by atoms with van der Waals surface area (Å²) in [5.74, 6) is -0.242. The van der Waals surface area contributed by atoms with Crippen LogP contribution in [0, 0.1) is 5.92 Å². The number of ether oxygens (including phenoxy) is 1. The van der Waals surface area contributed by atoms with Crippen LogP contribution in [0.5, 0.6) is 0 Å². The van der Waals surface area contributed by atoms with E-state index in [1.54, 1.807) is 18.2 Å². The van der Waals surface area contributed by atoms with Gasteiger partial charge in [0.1, 0.15) is 0 Å². The molecule has 1 aliphatic heterocycles. The smallest absolute Gasteiger partial charge is 0.225 e. The third-order valence-corrected chi connectivity index (χ3v) is 3.76. The van der Waals surface area contributed by atoms with E-state index in [1.807, 2.05) is 0 Å². The molecule has 2 atom stereocenters. The maximum absolute atomic E-state index is 11.8. The van der Waals surface area contributed by atoms with Crippen molar-refractivity contribution in [1.82, 2.24) is 5.32 Å². The van der Waals surface area contributed by atoms with E-state index in [4.69, 9.17) is 27.9 Å². The Kier molecular flexibility index (Phi) is 5.05. The van der Waals surface area contributed by atoms with E-state index < -0.39 is 6.10 Å². The minimum Gasteiger partial charge on any atom is -0.386 e. The van der Waals surface area contributed by atoms with Gasteiger partial charge in [-0.25, -0.2) is 0 Å². The molecule has 4 nitrogen and oxygen atoms in total. The van der Waals surface area contributed by atoms with Crippen LogP contribution in [0.25, 0.3) is 0 Å². The molecule has 1 saturated heterocycles. The van der Waals surface area contributed by atoms with Crippen molar-refractivity contribution in [3.05, 3.63) is 33.8 Å². The number of aliphatic hydroxyl groups is 1. The van der Waals surface area contributed by atoms with Crippen molar-refractivity contribution in [2.24, 2.45) is 5.92 Å². The fraction of sp³-hybridized carbons (Fsp3) is 0.462. The number of carbonyl (C=O) groups is 1. The minimum atomic E-state index is -0.924. The predicted molar refractivity (Wildman–Crippen MR) is 73.4 cm³/mol. The third kappa shape index (κ3) is 3.60. The summed E-state index contributed by atoms with van der Waals surface area (Å²) >= 11 is 12.0.